The maximum atomic E-state index is 11.4. The summed E-state index contributed by atoms with van der Waals surface area (Å²) in [6.07, 6.45) is 6.69. The third-order valence-corrected chi connectivity index (χ3v) is 7.55. The van der Waals surface area contributed by atoms with Crippen LogP contribution in [0, 0.1) is 5.92 Å². The Labute approximate surface area is 215 Å². The highest BCUT2D eigenvalue weighted by Crippen LogP contribution is 2.32. The van der Waals surface area contributed by atoms with Crippen LogP contribution in [0.4, 0.5) is 5.13 Å². The molecule has 0 aliphatic heterocycles. The molecule has 6 nitrogen and oxygen atoms in total. The van der Waals surface area contributed by atoms with Gasteiger partial charge in [-0.15, -0.1) is 11.3 Å². The predicted octanol–water partition coefficient (Wildman–Crippen LogP) is 7.27. The zero-order valence-corrected chi connectivity index (χ0v) is 21.1. The molecule has 2 aromatic heterocycles. The van der Waals surface area contributed by atoms with Gasteiger partial charge in [0, 0.05) is 17.5 Å². The van der Waals surface area contributed by atoms with Gasteiger partial charge < -0.3 is 19.2 Å². The monoisotopic (exact) mass is 502 g/mol. The molecule has 1 fully saturated rings. The van der Waals surface area contributed by atoms with Crippen molar-refractivity contribution < 1.29 is 19.1 Å². The van der Waals surface area contributed by atoms with E-state index in [9.17, 15) is 9.90 Å². The number of hydrogen-bond acceptors (Lipinski definition) is 6. The standard InChI is InChI=1S/C29H30N2O4S/c1-20-7-11-24(12-8-20)35-25-13-9-22(10-14-25)27-19-36-29(30-27)31(18-26-6-3-15-34-26)17-21-4-2-5-23(16-21)28(32)33/h2-6,9-10,13-16,19-20,24H,7-8,11-12,17-18H2,1H3,(H,32,33). The lowest BCUT2D eigenvalue weighted by Crippen LogP contribution is -2.22. The number of ether oxygens (including phenoxy) is 1. The molecular weight excluding hydrogens is 472 g/mol. The molecule has 1 aliphatic rings. The number of carboxylic acid groups (broad SMARTS) is 1. The van der Waals surface area contributed by atoms with E-state index in [0.717, 1.165) is 52.2 Å². The summed E-state index contributed by atoms with van der Waals surface area (Å²) in [7, 11) is 0. The minimum atomic E-state index is -0.934. The van der Waals surface area contributed by atoms with Gasteiger partial charge in [0.2, 0.25) is 0 Å². The van der Waals surface area contributed by atoms with E-state index in [1.54, 1.807) is 35.8 Å². The molecule has 0 atom stereocenters. The summed E-state index contributed by atoms with van der Waals surface area (Å²) < 4.78 is 11.8. The number of rotatable bonds is 9. The molecule has 0 bridgehead atoms. The van der Waals surface area contributed by atoms with Gasteiger partial charge in [-0.2, -0.15) is 0 Å². The van der Waals surface area contributed by atoms with Gasteiger partial charge in [-0.25, -0.2) is 9.78 Å². The van der Waals surface area contributed by atoms with Gasteiger partial charge in [0.05, 0.1) is 30.2 Å². The fourth-order valence-electron chi connectivity index (χ4n) is 4.59. The van der Waals surface area contributed by atoms with Crippen LogP contribution in [0.3, 0.4) is 0 Å². The Bertz CT molecular complexity index is 1270. The van der Waals surface area contributed by atoms with E-state index in [1.165, 1.54) is 12.8 Å². The summed E-state index contributed by atoms with van der Waals surface area (Å²) in [5.74, 6) is 1.60. The number of benzene rings is 2. The average molecular weight is 503 g/mol. The van der Waals surface area contributed by atoms with E-state index >= 15 is 0 Å². The van der Waals surface area contributed by atoms with Crippen LogP contribution in [0.2, 0.25) is 0 Å². The molecule has 0 radical (unpaired) electrons. The molecule has 2 heterocycles. The second kappa shape index (κ2) is 11.0. The minimum absolute atomic E-state index is 0.273. The van der Waals surface area contributed by atoms with E-state index in [-0.39, 0.29) is 5.56 Å². The van der Waals surface area contributed by atoms with Gasteiger partial charge in [0.1, 0.15) is 11.5 Å². The maximum absolute atomic E-state index is 11.4. The Balaban J connectivity index is 1.32. The smallest absolute Gasteiger partial charge is 0.335 e. The molecule has 1 aliphatic carbocycles. The quantitative estimate of drug-likeness (QED) is 0.259. The number of anilines is 1. The van der Waals surface area contributed by atoms with E-state index in [4.69, 9.17) is 14.1 Å². The van der Waals surface area contributed by atoms with Gasteiger partial charge >= 0.3 is 5.97 Å². The normalized spacial score (nSPS) is 17.6. The Morgan fingerprint density at radius 3 is 2.61 bits per heavy atom. The summed E-state index contributed by atoms with van der Waals surface area (Å²) in [6.45, 7) is 3.36. The van der Waals surface area contributed by atoms with Crippen molar-refractivity contribution in [2.45, 2.75) is 51.8 Å². The van der Waals surface area contributed by atoms with E-state index in [2.05, 4.69) is 29.3 Å². The highest BCUT2D eigenvalue weighted by Gasteiger charge is 2.20. The summed E-state index contributed by atoms with van der Waals surface area (Å²) in [5, 5.41) is 12.3. The zero-order chi connectivity index (χ0) is 24.9. The molecule has 36 heavy (non-hydrogen) atoms. The van der Waals surface area contributed by atoms with Crippen LogP contribution in [-0.2, 0) is 13.1 Å². The SMILES string of the molecule is CC1CCC(Oc2ccc(-c3csc(N(Cc4cccc(C(=O)O)c4)Cc4ccco4)n3)cc2)CC1. The summed E-state index contributed by atoms with van der Waals surface area (Å²) >= 11 is 1.56. The summed E-state index contributed by atoms with van der Waals surface area (Å²) in [6, 6.07) is 19.0. The number of carboxylic acids is 1. The van der Waals surface area contributed by atoms with Crippen molar-refractivity contribution in [3.8, 4) is 17.0 Å². The lowest BCUT2D eigenvalue weighted by Gasteiger charge is -2.26. The van der Waals surface area contributed by atoms with Crippen LogP contribution in [0.5, 0.6) is 5.75 Å². The number of nitrogens with zero attached hydrogens (tertiary/aromatic N) is 2. The largest absolute Gasteiger partial charge is 0.490 e. The van der Waals surface area contributed by atoms with Gasteiger partial charge in [-0.3, -0.25) is 0 Å². The number of carbonyl (C=O) groups is 1. The van der Waals surface area contributed by atoms with Crippen molar-refractivity contribution in [1.82, 2.24) is 4.98 Å². The molecule has 0 unspecified atom stereocenters. The van der Waals surface area contributed by atoms with Gasteiger partial charge in [0.15, 0.2) is 5.13 Å². The molecule has 7 heteroatoms. The molecule has 2 aromatic carbocycles. The average Bonchev–Trinajstić information content (AvgIpc) is 3.58. The fourth-order valence-corrected chi connectivity index (χ4v) is 5.43. The molecule has 0 amide bonds. The first kappa shape index (κ1) is 24.1. The molecule has 0 spiro atoms. The predicted molar refractivity (Wildman–Crippen MR) is 142 cm³/mol. The van der Waals surface area contributed by atoms with Crippen molar-refractivity contribution in [2.24, 2.45) is 5.92 Å². The van der Waals surface area contributed by atoms with Crippen molar-refractivity contribution in [3.63, 3.8) is 0 Å². The number of hydrogen-bond donors (Lipinski definition) is 1. The molecule has 1 saturated carbocycles. The van der Waals surface area contributed by atoms with Gasteiger partial charge in [-0.05, 0) is 85.7 Å². The van der Waals surface area contributed by atoms with Gasteiger partial charge in [0.25, 0.3) is 0 Å². The third kappa shape index (κ3) is 5.97. The first-order chi connectivity index (χ1) is 17.5. The van der Waals surface area contributed by atoms with Crippen LogP contribution in [-0.4, -0.2) is 22.2 Å². The van der Waals surface area contributed by atoms with Crippen LogP contribution in [0.1, 0.15) is 54.3 Å². The maximum Gasteiger partial charge on any atom is 0.335 e. The topological polar surface area (TPSA) is 75.8 Å². The zero-order valence-electron chi connectivity index (χ0n) is 20.3. The lowest BCUT2D eigenvalue weighted by atomic mass is 9.89. The molecular formula is C29H30N2O4S. The fraction of sp³-hybridized carbons (Fsp3) is 0.310. The second-order valence-corrected chi connectivity index (χ2v) is 10.3. The molecule has 0 saturated heterocycles. The lowest BCUT2D eigenvalue weighted by molar-refractivity contribution is 0.0696. The molecule has 5 rings (SSSR count). The van der Waals surface area contributed by atoms with Crippen LogP contribution >= 0.6 is 11.3 Å². The number of thiazole rings is 1. The van der Waals surface area contributed by atoms with E-state index in [1.807, 2.05) is 30.3 Å². The second-order valence-electron chi connectivity index (χ2n) is 9.48. The van der Waals surface area contributed by atoms with Crippen LogP contribution in [0.25, 0.3) is 11.3 Å². The minimum Gasteiger partial charge on any atom is -0.490 e. The molecule has 4 aromatic rings. The van der Waals surface area contributed by atoms with Crippen molar-refractivity contribution in [3.05, 3.63) is 89.2 Å². The highest BCUT2D eigenvalue weighted by molar-refractivity contribution is 7.14. The Morgan fingerprint density at radius 1 is 1.08 bits per heavy atom. The van der Waals surface area contributed by atoms with Gasteiger partial charge in [-0.1, -0.05) is 19.1 Å². The number of aromatic carboxylic acids is 1. The number of aromatic nitrogens is 1. The highest BCUT2D eigenvalue weighted by atomic mass is 32.1. The van der Waals surface area contributed by atoms with Crippen molar-refractivity contribution in [2.75, 3.05) is 4.90 Å². The summed E-state index contributed by atoms with van der Waals surface area (Å²) in [5.41, 5.74) is 3.11. The first-order valence-electron chi connectivity index (χ1n) is 12.4. The number of furan rings is 1. The van der Waals surface area contributed by atoms with E-state index in [0.29, 0.717) is 19.2 Å². The Kier molecular flexibility index (Phi) is 7.37. The third-order valence-electron chi connectivity index (χ3n) is 6.65. The molecule has 186 valence electrons. The van der Waals surface area contributed by atoms with Crippen molar-refractivity contribution in [1.29, 1.82) is 0 Å². The summed E-state index contributed by atoms with van der Waals surface area (Å²) in [4.78, 5) is 18.4. The Morgan fingerprint density at radius 2 is 1.89 bits per heavy atom. The molecule has 1 N–H and O–H groups in total. The van der Waals surface area contributed by atoms with E-state index < -0.39 is 5.97 Å². The van der Waals surface area contributed by atoms with Crippen LogP contribution < -0.4 is 9.64 Å². The van der Waals surface area contributed by atoms with Crippen molar-refractivity contribution >= 4 is 22.4 Å². The first-order valence-corrected chi connectivity index (χ1v) is 13.2. The Hall–Kier alpha value is -3.58. The van der Waals surface area contributed by atoms with Crippen LogP contribution in [0.15, 0.2) is 76.7 Å².